The van der Waals surface area contributed by atoms with E-state index < -0.39 is 0 Å². The molecule has 0 spiro atoms. The molecule has 3 heterocycles. The lowest BCUT2D eigenvalue weighted by atomic mass is 9.98. The van der Waals surface area contributed by atoms with Gasteiger partial charge in [0, 0.05) is 31.5 Å². The Balaban J connectivity index is 1.48. The number of hydrogen-bond acceptors (Lipinski definition) is 3. The van der Waals surface area contributed by atoms with Crippen LogP contribution in [0.2, 0.25) is 0 Å². The normalized spacial score (nSPS) is 14.6. The molecule has 0 aliphatic carbocycles. The molecule has 0 unspecified atom stereocenters. The molecule has 0 bridgehead atoms. The summed E-state index contributed by atoms with van der Waals surface area (Å²) in [4.78, 5) is 18.6. The molecule has 122 valence electrons. The summed E-state index contributed by atoms with van der Waals surface area (Å²) in [6, 6.07) is 13.8. The molecular weight excluding hydrogens is 302 g/mol. The number of benzene rings is 1. The van der Waals surface area contributed by atoms with Crippen molar-refractivity contribution >= 4 is 5.91 Å². The van der Waals surface area contributed by atoms with Crippen LogP contribution in [0.1, 0.15) is 33.6 Å². The maximum absolute atomic E-state index is 12.3. The fourth-order valence-electron chi connectivity index (χ4n) is 3.14. The molecule has 0 atom stereocenters. The number of aryl methyl sites for hydroxylation is 1. The number of furan rings is 1. The Morgan fingerprint density at radius 2 is 2.00 bits per heavy atom. The number of likely N-dealkylation sites (tertiary alicyclic amines) is 1. The third-order valence-corrected chi connectivity index (χ3v) is 4.54. The molecule has 1 aromatic carbocycles. The summed E-state index contributed by atoms with van der Waals surface area (Å²) >= 11 is 0. The average molecular weight is 321 g/mol. The van der Waals surface area contributed by atoms with E-state index in [1.807, 2.05) is 24.4 Å². The van der Waals surface area contributed by atoms with Gasteiger partial charge in [-0.1, -0.05) is 30.3 Å². The van der Waals surface area contributed by atoms with Crippen LogP contribution in [0.5, 0.6) is 0 Å². The summed E-state index contributed by atoms with van der Waals surface area (Å²) in [6.45, 7) is 4.25. The van der Waals surface area contributed by atoms with Crippen LogP contribution < -0.4 is 0 Å². The van der Waals surface area contributed by atoms with E-state index in [0.717, 1.165) is 18.1 Å². The first-order valence-electron chi connectivity index (χ1n) is 8.11. The van der Waals surface area contributed by atoms with Gasteiger partial charge in [-0.05, 0) is 24.6 Å². The van der Waals surface area contributed by atoms with Crippen LogP contribution in [-0.4, -0.2) is 33.4 Å². The van der Waals surface area contributed by atoms with Gasteiger partial charge in [0.1, 0.15) is 5.82 Å². The zero-order valence-electron chi connectivity index (χ0n) is 13.6. The largest absolute Gasteiger partial charge is 0.459 e. The monoisotopic (exact) mass is 321 g/mol. The molecule has 1 aliphatic rings. The molecular formula is C19H19N3O2. The summed E-state index contributed by atoms with van der Waals surface area (Å²) in [7, 11) is 0. The Hall–Kier alpha value is -2.82. The Labute approximate surface area is 140 Å². The molecule has 1 fully saturated rings. The van der Waals surface area contributed by atoms with Crippen LogP contribution >= 0.6 is 0 Å². The number of carbonyl (C=O) groups is 1. The van der Waals surface area contributed by atoms with Gasteiger partial charge in [0.2, 0.25) is 0 Å². The third-order valence-electron chi connectivity index (χ3n) is 4.54. The number of carbonyl (C=O) groups excluding carboxylic acids is 1. The van der Waals surface area contributed by atoms with Crippen LogP contribution in [0.15, 0.2) is 59.3 Å². The molecule has 1 saturated heterocycles. The maximum atomic E-state index is 12.3. The first-order chi connectivity index (χ1) is 11.7. The van der Waals surface area contributed by atoms with Gasteiger partial charge in [-0.25, -0.2) is 4.98 Å². The van der Waals surface area contributed by atoms with Crippen molar-refractivity contribution in [3.8, 4) is 0 Å². The highest BCUT2D eigenvalue weighted by atomic mass is 16.3. The molecule has 0 N–H and O–H groups in total. The highest BCUT2D eigenvalue weighted by molar-refractivity contribution is 5.92. The van der Waals surface area contributed by atoms with Crippen molar-refractivity contribution in [2.45, 2.75) is 19.4 Å². The summed E-state index contributed by atoms with van der Waals surface area (Å²) in [6.07, 6.45) is 3.44. The molecule has 5 nitrogen and oxygen atoms in total. The van der Waals surface area contributed by atoms with Crippen molar-refractivity contribution < 1.29 is 9.21 Å². The van der Waals surface area contributed by atoms with Crippen molar-refractivity contribution in [3.05, 3.63) is 77.8 Å². The number of rotatable bonds is 4. The number of hydrogen-bond donors (Lipinski definition) is 0. The standard InChI is InChI=1S/C19H19N3O2/c1-14-10-20-18(22(14)11-15-6-3-2-4-7-15)16-12-21(13-16)19(23)17-8-5-9-24-17/h2-10,16H,11-13H2,1H3. The van der Waals surface area contributed by atoms with E-state index in [0.29, 0.717) is 18.8 Å². The molecule has 24 heavy (non-hydrogen) atoms. The average Bonchev–Trinajstić information content (AvgIpc) is 3.20. The number of nitrogens with zero attached hydrogens (tertiary/aromatic N) is 3. The topological polar surface area (TPSA) is 51.3 Å². The summed E-state index contributed by atoms with van der Waals surface area (Å²) in [5.74, 6) is 1.69. The highest BCUT2D eigenvalue weighted by Crippen LogP contribution is 2.28. The fourth-order valence-corrected chi connectivity index (χ4v) is 3.14. The van der Waals surface area contributed by atoms with E-state index in [9.17, 15) is 4.79 Å². The van der Waals surface area contributed by atoms with E-state index in [4.69, 9.17) is 4.42 Å². The van der Waals surface area contributed by atoms with E-state index in [1.54, 1.807) is 17.0 Å². The summed E-state index contributed by atoms with van der Waals surface area (Å²) in [5.41, 5.74) is 2.40. The SMILES string of the molecule is Cc1cnc(C2CN(C(=O)c3ccco3)C2)n1Cc1ccccc1. The molecule has 3 aromatic rings. The lowest BCUT2D eigenvalue weighted by molar-refractivity contribution is 0.0558. The molecule has 5 heteroatoms. The van der Waals surface area contributed by atoms with Crippen molar-refractivity contribution in [2.75, 3.05) is 13.1 Å². The van der Waals surface area contributed by atoms with Crippen molar-refractivity contribution in [2.24, 2.45) is 0 Å². The second kappa shape index (κ2) is 6.00. The second-order valence-corrected chi connectivity index (χ2v) is 6.21. The van der Waals surface area contributed by atoms with Gasteiger partial charge in [-0.15, -0.1) is 0 Å². The number of aromatic nitrogens is 2. The number of amides is 1. The van der Waals surface area contributed by atoms with Gasteiger partial charge in [0.25, 0.3) is 5.91 Å². The van der Waals surface area contributed by atoms with E-state index in [1.165, 1.54) is 11.8 Å². The minimum atomic E-state index is -0.0471. The predicted octanol–water partition coefficient (Wildman–Crippen LogP) is 3.07. The third kappa shape index (κ3) is 2.62. The van der Waals surface area contributed by atoms with E-state index in [2.05, 4.69) is 28.6 Å². The number of imidazole rings is 1. The first-order valence-corrected chi connectivity index (χ1v) is 8.11. The van der Waals surface area contributed by atoms with Gasteiger partial charge in [-0.3, -0.25) is 4.79 Å². The minimum Gasteiger partial charge on any atom is -0.459 e. The Bertz CT molecular complexity index is 831. The maximum Gasteiger partial charge on any atom is 0.289 e. The Morgan fingerprint density at radius 3 is 2.71 bits per heavy atom. The highest BCUT2D eigenvalue weighted by Gasteiger charge is 2.36. The molecule has 0 radical (unpaired) electrons. The van der Waals surface area contributed by atoms with Gasteiger partial charge in [0.05, 0.1) is 12.2 Å². The fraction of sp³-hybridized carbons (Fsp3) is 0.263. The second-order valence-electron chi connectivity index (χ2n) is 6.21. The lowest BCUT2D eigenvalue weighted by Gasteiger charge is -2.38. The van der Waals surface area contributed by atoms with E-state index >= 15 is 0 Å². The quantitative estimate of drug-likeness (QED) is 0.742. The smallest absolute Gasteiger partial charge is 0.289 e. The van der Waals surface area contributed by atoms with Gasteiger partial charge in [0.15, 0.2) is 5.76 Å². The Kier molecular flexibility index (Phi) is 3.69. The first kappa shape index (κ1) is 14.8. The Morgan fingerprint density at radius 1 is 1.21 bits per heavy atom. The van der Waals surface area contributed by atoms with Crippen LogP contribution in [0.25, 0.3) is 0 Å². The van der Waals surface area contributed by atoms with Gasteiger partial charge >= 0.3 is 0 Å². The van der Waals surface area contributed by atoms with Crippen molar-refractivity contribution in [1.29, 1.82) is 0 Å². The molecule has 1 aliphatic heterocycles. The summed E-state index contributed by atoms with van der Waals surface area (Å²) in [5, 5.41) is 0. The van der Waals surface area contributed by atoms with Crippen molar-refractivity contribution in [3.63, 3.8) is 0 Å². The predicted molar refractivity (Wildman–Crippen MR) is 89.9 cm³/mol. The minimum absolute atomic E-state index is 0.0471. The molecule has 1 amide bonds. The molecule has 2 aromatic heterocycles. The molecule has 0 saturated carbocycles. The van der Waals surface area contributed by atoms with Gasteiger partial charge in [-0.2, -0.15) is 0 Å². The van der Waals surface area contributed by atoms with Crippen LogP contribution in [0.3, 0.4) is 0 Å². The van der Waals surface area contributed by atoms with E-state index in [-0.39, 0.29) is 11.8 Å². The summed E-state index contributed by atoms with van der Waals surface area (Å²) < 4.78 is 7.43. The molecule has 4 rings (SSSR count). The van der Waals surface area contributed by atoms with Crippen LogP contribution in [0, 0.1) is 6.92 Å². The zero-order chi connectivity index (χ0) is 16.5. The van der Waals surface area contributed by atoms with Gasteiger partial charge < -0.3 is 13.9 Å². The van der Waals surface area contributed by atoms with Crippen LogP contribution in [0.4, 0.5) is 0 Å². The zero-order valence-corrected chi connectivity index (χ0v) is 13.6. The lowest BCUT2D eigenvalue weighted by Crippen LogP contribution is -2.49. The van der Waals surface area contributed by atoms with Crippen LogP contribution in [-0.2, 0) is 6.54 Å². The van der Waals surface area contributed by atoms with Crippen molar-refractivity contribution in [1.82, 2.24) is 14.5 Å².